The van der Waals surface area contributed by atoms with E-state index in [0.29, 0.717) is 11.0 Å². The summed E-state index contributed by atoms with van der Waals surface area (Å²) in [6.45, 7) is 2.07. The van der Waals surface area contributed by atoms with Crippen molar-refractivity contribution in [1.82, 2.24) is 4.98 Å². The molecule has 4 rings (SSSR count). The molecule has 0 atom stereocenters. The molecule has 132 valence electrons. The molecule has 6 heteroatoms. The van der Waals surface area contributed by atoms with Crippen molar-refractivity contribution in [3.63, 3.8) is 0 Å². The summed E-state index contributed by atoms with van der Waals surface area (Å²) < 4.78 is 1.10. The van der Waals surface area contributed by atoms with Gasteiger partial charge in [0.2, 0.25) is 11.0 Å². The maximum absolute atomic E-state index is 4.52. The molecule has 0 amide bonds. The Kier molecular flexibility index (Phi) is 4.98. The van der Waals surface area contributed by atoms with E-state index < -0.39 is 0 Å². The number of nitrogens with zero attached hydrogens (tertiary/aromatic N) is 4. The lowest BCUT2D eigenvalue weighted by Gasteiger charge is -2.02. The Morgan fingerprint density at radius 2 is 1.67 bits per heavy atom. The van der Waals surface area contributed by atoms with E-state index in [1.54, 1.807) is 0 Å². The highest BCUT2D eigenvalue weighted by Crippen LogP contribution is 2.29. The second-order valence-corrected chi connectivity index (χ2v) is 6.96. The van der Waals surface area contributed by atoms with Crippen LogP contribution in [-0.2, 0) is 0 Å². The highest BCUT2D eigenvalue weighted by atomic mass is 32.1. The van der Waals surface area contributed by atoms with Gasteiger partial charge in [-0.2, -0.15) is 5.10 Å². The van der Waals surface area contributed by atoms with Crippen LogP contribution in [0.3, 0.4) is 0 Å². The van der Waals surface area contributed by atoms with Crippen molar-refractivity contribution in [2.24, 2.45) is 15.3 Å². The largest absolute Gasteiger partial charge is 0.276 e. The van der Waals surface area contributed by atoms with Gasteiger partial charge in [0.05, 0.1) is 15.9 Å². The van der Waals surface area contributed by atoms with Crippen LogP contribution in [0.5, 0.6) is 0 Å². The number of nitrogens with one attached hydrogen (secondary N) is 1. The van der Waals surface area contributed by atoms with Gasteiger partial charge in [0.1, 0.15) is 0 Å². The van der Waals surface area contributed by atoms with Crippen molar-refractivity contribution in [2.45, 2.75) is 6.92 Å². The van der Waals surface area contributed by atoms with Gasteiger partial charge in [0, 0.05) is 5.56 Å². The number of aromatic nitrogens is 1. The Labute approximate surface area is 161 Å². The fourth-order valence-electron chi connectivity index (χ4n) is 2.51. The molecule has 1 aromatic heterocycles. The highest BCUT2D eigenvalue weighted by molar-refractivity contribution is 7.21. The lowest BCUT2D eigenvalue weighted by Crippen LogP contribution is -2.00. The Morgan fingerprint density at radius 1 is 0.926 bits per heavy atom. The molecule has 4 aromatic rings. The van der Waals surface area contributed by atoms with E-state index in [4.69, 9.17) is 0 Å². The van der Waals surface area contributed by atoms with E-state index in [2.05, 4.69) is 38.7 Å². The predicted octanol–water partition coefficient (Wildman–Crippen LogP) is 6.16. The van der Waals surface area contributed by atoms with Crippen molar-refractivity contribution in [1.29, 1.82) is 0 Å². The minimum absolute atomic E-state index is 0.495. The van der Waals surface area contributed by atoms with Gasteiger partial charge in [0.15, 0.2) is 0 Å². The molecular weight excluding hydrogens is 354 g/mol. The van der Waals surface area contributed by atoms with Crippen molar-refractivity contribution < 1.29 is 0 Å². The van der Waals surface area contributed by atoms with E-state index in [9.17, 15) is 0 Å². The van der Waals surface area contributed by atoms with Crippen LogP contribution in [0, 0.1) is 6.92 Å². The standard InChI is InChI=1S/C21H17N5S/c1-15-12-13-18-19(14-15)27-21(22-18)26-25-20(16-8-4-2-5-9-16)24-23-17-10-6-3-7-11-17/h2-14,23H,1H3. The first-order valence-corrected chi connectivity index (χ1v) is 9.33. The quantitative estimate of drug-likeness (QED) is 0.202. The van der Waals surface area contributed by atoms with Gasteiger partial charge < -0.3 is 0 Å². The summed E-state index contributed by atoms with van der Waals surface area (Å²) in [7, 11) is 0. The van der Waals surface area contributed by atoms with Gasteiger partial charge in [0.25, 0.3) is 0 Å². The van der Waals surface area contributed by atoms with E-state index in [-0.39, 0.29) is 0 Å². The molecule has 27 heavy (non-hydrogen) atoms. The van der Waals surface area contributed by atoms with Crippen LogP contribution in [0.2, 0.25) is 0 Å². The number of hydrogen-bond donors (Lipinski definition) is 1. The minimum atomic E-state index is 0.495. The van der Waals surface area contributed by atoms with Crippen LogP contribution >= 0.6 is 11.3 Å². The molecule has 0 spiro atoms. The normalized spacial score (nSPS) is 12.0. The van der Waals surface area contributed by atoms with Crippen molar-refractivity contribution in [2.75, 3.05) is 5.43 Å². The van der Waals surface area contributed by atoms with E-state index in [0.717, 1.165) is 21.5 Å². The SMILES string of the molecule is Cc1ccc2nc(N=NC(=NNc3ccccc3)c3ccccc3)sc2c1. The van der Waals surface area contributed by atoms with E-state index in [1.807, 2.05) is 72.8 Å². The Morgan fingerprint density at radius 3 is 2.44 bits per heavy atom. The summed E-state index contributed by atoms with van der Waals surface area (Å²) in [5, 5.41) is 13.7. The van der Waals surface area contributed by atoms with Crippen LogP contribution in [0.1, 0.15) is 11.1 Å². The molecule has 0 bridgehead atoms. The summed E-state index contributed by atoms with van der Waals surface area (Å²) in [6, 6.07) is 25.7. The third-order valence-electron chi connectivity index (χ3n) is 3.86. The number of hydrogen-bond acceptors (Lipinski definition) is 5. The summed E-state index contributed by atoms with van der Waals surface area (Å²) in [5.74, 6) is 0.495. The summed E-state index contributed by atoms with van der Waals surface area (Å²) in [6.07, 6.45) is 0. The highest BCUT2D eigenvalue weighted by Gasteiger charge is 2.05. The summed E-state index contributed by atoms with van der Waals surface area (Å²) in [5.41, 5.74) is 6.93. The number of hydrazone groups is 1. The minimum Gasteiger partial charge on any atom is -0.276 e. The second kappa shape index (κ2) is 7.88. The molecule has 0 fully saturated rings. The molecule has 3 aromatic carbocycles. The predicted molar refractivity (Wildman–Crippen MR) is 112 cm³/mol. The Balaban J connectivity index is 1.64. The molecule has 0 unspecified atom stereocenters. The smallest absolute Gasteiger partial charge is 0.231 e. The van der Waals surface area contributed by atoms with Gasteiger partial charge >= 0.3 is 0 Å². The third kappa shape index (κ3) is 4.24. The maximum Gasteiger partial charge on any atom is 0.231 e. The molecule has 5 nitrogen and oxygen atoms in total. The number of fused-ring (bicyclic) bond motifs is 1. The van der Waals surface area contributed by atoms with Crippen LogP contribution in [-0.4, -0.2) is 10.8 Å². The molecule has 0 radical (unpaired) electrons. The van der Waals surface area contributed by atoms with Gasteiger partial charge in [-0.25, -0.2) is 4.98 Å². The monoisotopic (exact) mass is 371 g/mol. The zero-order valence-electron chi connectivity index (χ0n) is 14.7. The van der Waals surface area contributed by atoms with Crippen molar-refractivity contribution in [3.05, 3.63) is 90.0 Å². The average Bonchev–Trinajstić information content (AvgIpc) is 3.11. The topological polar surface area (TPSA) is 62.0 Å². The maximum atomic E-state index is 4.52. The van der Waals surface area contributed by atoms with Crippen LogP contribution < -0.4 is 5.43 Å². The third-order valence-corrected chi connectivity index (χ3v) is 4.76. The first-order chi connectivity index (χ1) is 13.3. The first kappa shape index (κ1) is 17.1. The Bertz CT molecular complexity index is 1100. The number of para-hydroxylation sites is 1. The van der Waals surface area contributed by atoms with Gasteiger partial charge in [-0.1, -0.05) is 65.9 Å². The second-order valence-electron chi connectivity index (χ2n) is 5.95. The van der Waals surface area contributed by atoms with E-state index >= 15 is 0 Å². The molecular formula is C21H17N5S. The number of aryl methyl sites for hydroxylation is 1. The van der Waals surface area contributed by atoms with Crippen LogP contribution in [0.4, 0.5) is 10.8 Å². The van der Waals surface area contributed by atoms with Gasteiger partial charge in [-0.05, 0) is 36.8 Å². The number of benzene rings is 3. The molecule has 0 aliphatic carbocycles. The zero-order valence-corrected chi connectivity index (χ0v) is 15.5. The molecule has 0 saturated heterocycles. The molecule has 0 aliphatic rings. The van der Waals surface area contributed by atoms with Crippen LogP contribution in [0.15, 0.2) is 94.2 Å². The molecule has 1 heterocycles. The molecule has 1 N–H and O–H groups in total. The number of azo groups is 1. The summed E-state index contributed by atoms with van der Waals surface area (Å²) >= 11 is 1.52. The summed E-state index contributed by atoms with van der Waals surface area (Å²) in [4.78, 5) is 4.52. The van der Waals surface area contributed by atoms with Gasteiger partial charge in [-0.15, -0.1) is 10.2 Å². The van der Waals surface area contributed by atoms with Crippen molar-refractivity contribution >= 4 is 38.2 Å². The lowest BCUT2D eigenvalue weighted by molar-refractivity contribution is 1.21. The van der Waals surface area contributed by atoms with Crippen molar-refractivity contribution in [3.8, 4) is 0 Å². The van der Waals surface area contributed by atoms with E-state index in [1.165, 1.54) is 16.9 Å². The fraction of sp³-hybridized carbons (Fsp3) is 0.0476. The zero-order chi connectivity index (χ0) is 18.5. The Hall–Kier alpha value is -3.38. The first-order valence-electron chi connectivity index (χ1n) is 8.51. The molecule has 0 saturated carbocycles. The number of anilines is 1. The van der Waals surface area contributed by atoms with Crippen LogP contribution in [0.25, 0.3) is 10.2 Å². The fourth-order valence-corrected chi connectivity index (χ4v) is 3.40. The number of rotatable bonds is 4. The number of amidine groups is 1. The lowest BCUT2D eigenvalue weighted by atomic mass is 10.2. The van der Waals surface area contributed by atoms with Gasteiger partial charge in [-0.3, -0.25) is 5.43 Å². The number of thiazole rings is 1. The molecule has 0 aliphatic heterocycles. The average molecular weight is 371 g/mol.